The summed E-state index contributed by atoms with van der Waals surface area (Å²) in [6, 6.07) is 6.50. The number of halogens is 1. The van der Waals surface area contributed by atoms with E-state index >= 15 is 0 Å². The molecule has 2 rings (SSSR count). The summed E-state index contributed by atoms with van der Waals surface area (Å²) in [4.78, 5) is 0. The Bertz CT molecular complexity index is 441. The molecule has 1 atom stereocenters. The molecule has 3 nitrogen and oxygen atoms in total. The average Bonchev–Trinajstić information content (AvgIpc) is 2.38. The van der Waals surface area contributed by atoms with Crippen molar-refractivity contribution < 1.29 is 9.47 Å². The van der Waals surface area contributed by atoms with Crippen molar-refractivity contribution in [1.29, 1.82) is 0 Å². The van der Waals surface area contributed by atoms with Crippen molar-refractivity contribution in [2.45, 2.75) is 44.2 Å². The fraction of sp³-hybridized carbons (Fsp3) is 0.625. The van der Waals surface area contributed by atoms with Gasteiger partial charge >= 0.3 is 0 Å². The van der Waals surface area contributed by atoms with E-state index in [0.717, 1.165) is 36.0 Å². The highest BCUT2D eigenvalue weighted by atomic mass is 79.9. The smallest absolute Gasteiger partial charge is 0.122 e. The summed E-state index contributed by atoms with van der Waals surface area (Å²) in [6.07, 6.45) is 4.45. The molecule has 1 aromatic carbocycles. The third-order valence-corrected chi connectivity index (χ3v) is 4.85. The van der Waals surface area contributed by atoms with Gasteiger partial charge in [-0.1, -0.05) is 22.9 Å². The van der Waals surface area contributed by atoms with Crippen molar-refractivity contribution in [3.8, 4) is 5.75 Å². The first kappa shape index (κ1) is 15.8. The Hall–Kier alpha value is -0.580. The largest absolute Gasteiger partial charge is 0.496 e. The maximum absolute atomic E-state index is 5.85. The van der Waals surface area contributed by atoms with Crippen LogP contribution in [0.2, 0.25) is 0 Å². The second-order valence-corrected chi connectivity index (χ2v) is 6.31. The van der Waals surface area contributed by atoms with Gasteiger partial charge in [-0.3, -0.25) is 0 Å². The molecule has 0 radical (unpaired) electrons. The molecule has 0 aromatic heterocycles. The summed E-state index contributed by atoms with van der Waals surface area (Å²) in [5.41, 5.74) is 1.21. The molecule has 1 aromatic rings. The number of nitrogens with one attached hydrogen (secondary N) is 1. The van der Waals surface area contributed by atoms with Crippen molar-refractivity contribution >= 4 is 15.9 Å². The molecule has 1 N–H and O–H groups in total. The lowest BCUT2D eigenvalue weighted by Gasteiger charge is -2.47. The zero-order valence-electron chi connectivity index (χ0n) is 12.5. The van der Waals surface area contributed by atoms with E-state index in [1.165, 1.54) is 12.0 Å². The van der Waals surface area contributed by atoms with Gasteiger partial charge in [0.1, 0.15) is 5.75 Å². The first-order valence-corrected chi connectivity index (χ1v) is 8.05. The van der Waals surface area contributed by atoms with E-state index in [9.17, 15) is 0 Å². The predicted octanol–water partition coefficient (Wildman–Crippen LogP) is 3.55. The van der Waals surface area contributed by atoms with Gasteiger partial charge in [0.05, 0.1) is 12.7 Å². The normalized spacial score (nSPS) is 18.4. The van der Waals surface area contributed by atoms with Gasteiger partial charge in [-0.15, -0.1) is 0 Å². The van der Waals surface area contributed by atoms with Crippen molar-refractivity contribution in [2.75, 3.05) is 20.8 Å². The summed E-state index contributed by atoms with van der Waals surface area (Å²) in [5.74, 6) is 0.946. The second-order valence-electron chi connectivity index (χ2n) is 5.39. The predicted molar refractivity (Wildman–Crippen MR) is 85.5 cm³/mol. The van der Waals surface area contributed by atoms with E-state index in [1.807, 2.05) is 19.2 Å². The fourth-order valence-corrected chi connectivity index (χ4v) is 3.45. The maximum atomic E-state index is 5.85. The Labute approximate surface area is 130 Å². The monoisotopic (exact) mass is 341 g/mol. The molecule has 1 aliphatic rings. The van der Waals surface area contributed by atoms with Gasteiger partial charge in [0.25, 0.3) is 0 Å². The van der Waals surface area contributed by atoms with Gasteiger partial charge in [-0.25, -0.2) is 0 Å². The maximum Gasteiger partial charge on any atom is 0.122 e. The highest BCUT2D eigenvalue weighted by Crippen LogP contribution is 2.40. The standard InChI is InChI=1S/C16H24BrNO2/c1-4-18-15(16(20-3)8-5-9-16)11-12-10-13(17)6-7-14(12)19-2/h6-7,10,15,18H,4-5,8-9,11H2,1-3H3. The molecule has 0 spiro atoms. The second kappa shape index (κ2) is 6.92. The molecular formula is C16H24BrNO2. The number of hydrogen-bond donors (Lipinski definition) is 1. The molecule has 0 bridgehead atoms. The van der Waals surface area contributed by atoms with Crippen molar-refractivity contribution in [3.63, 3.8) is 0 Å². The minimum absolute atomic E-state index is 0.0106. The zero-order valence-corrected chi connectivity index (χ0v) is 14.1. The summed E-state index contributed by atoms with van der Waals surface area (Å²) >= 11 is 3.55. The minimum Gasteiger partial charge on any atom is -0.496 e. The summed E-state index contributed by atoms with van der Waals surface area (Å²) in [7, 11) is 3.56. The van der Waals surface area contributed by atoms with Crippen LogP contribution >= 0.6 is 15.9 Å². The fourth-order valence-electron chi connectivity index (χ4n) is 3.04. The molecule has 1 saturated carbocycles. The van der Waals surface area contributed by atoms with E-state index in [0.29, 0.717) is 6.04 Å². The molecule has 1 aliphatic carbocycles. The summed E-state index contributed by atoms with van der Waals surface area (Å²) in [5, 5.41) is 3.60. The van der Waals surface area contributed by atoms with Gasteiger partial charge in [0.2, 0.25) is 0 Å². The number of methoxy groups -OCH3 is 2. The average molecular weight is 342 g/mol. The van der Waals surface area contributed by atoms with Gasteiger partial charge in [-0.2, -0.15) is 0 Å². The van der Waals surface area contributed by atoms with Crippen LogP contribution in [0.4, 0.5) is 0 Å². The van der Waals surface area contributed by atoms with Gasteiger partial charge < -0.3 is 14.8 Å². The van der Waals surface area contributed by atoms with Crippen molar-refractivity contribution in [2.24, 2.45) is 0 Å². The highest BCUT2D eigenvalue weighted by Gasteiger charge is 2.44. The van der Waals surface area contributed by atoms with Crippen LogP contribution in [-0.4, -0.2) is 32.4 Å². The lowest BCUT2D eigenvalue weighted by Crippen LogP contribution is -2.57. The number of ether oxygens (including phenoxy) is 2. The van der Waals surface area contributed by atoms with Crippen LogP contribution in [0.15, 0.2) is 22.7 Å². The zero-order chi connectivity index (χ0) is 14.6. The third kappa shape index (κ3) is 3.18. The lowest BCUT2D eigenvalue weighted by atomic mass is 9.72. The van der Waals surface area contributed by atoms with Crippen LogP contribution in [0.5, 0.6) is 5.75 Å². The first-order chi connectivity index (χ1) is 9.65. The number of hydrogen-bond acceptors (Lipinski definition) is 3. The summed E-state index contributed by atoms with van der Waals surface area (Å²) in [6.45, 7) is 3.10. The van der Waals surface area contributed by atoms with Crippen LogP contribution in [0.25, 0.3) is 0 Å². The van der Waals surface area contributed by atoms with Gasteiger partial charge in [0, 0.05) is 17.6 Å². The molecule has 4 heteroatoms. The molecule has 0 saturated heterocycles. The van der Waals surface area contributed by atoms with Crippen LogP contribution in [0, 0.1) is 0 Å². The Balaban J connectivity index is 2.21. The van der Waals surface area contributed by atoms with Gasteiger partial charge in [-0.05, 0) is 56.0 Å². The van der Waals surface area contributed by atoms with Gasteiger partial charge in [0.15, 0.2) is 0 Å². The first-order valence-electron chi connectivity index (χ1n) is 7.26. The SMILES string of the molecule is CCNC(Cc1cc(Br)ccc1OC)C1(OC)CCC1. The molecular weight excluding hydrogens is 318 g/mol. The molecule has 0 amide bonds. The number of benzene rings is 1. The van der Waals surface area contributed by atoms with E-state index in [1.54, 1.807) is 7.11 Å². The number of rotatable bonds is 7. The Kier molecular flexibility index (Phi) is 5.47. The van der Waals surface area contributed by atoms with E-state index < -0.39 is 0 Å². The Morgan fingerprint density at radius 2 is 2.10 bits per heavy atom. The van der Waals surface area contributed by atoms with Crippen molar-refractivity contribution in [3.05, 3.63) is 28.2 Å². The van der Waals surface area contributed by atoms with Crippen LogP contribution in [0.3, 0.4) is 0 Å². The molecule has 1 unspecified atom stereocenters. The van der Waals surface area contributed by atoms with E-state index in [4.69, 9.17) is 9.47 Å². The number of likely N-dealkylation sites (N-methyl/N-ethyl adjacent to an activating group) is 1. The Morgan fingerprint density at radius 3 is 2.60 bits per heavy atom. The van der Waals surface area contributed by atoms with E-state index in [2.05, 4.69) is 34.2 Å². The van der Waals surface area contributed by atoms with Crippen LogP contribution in [-0.2, 0) is 11.2 Å². The molecule has 0 aliphatic heterocycles. The summed E-state index contributed by atoms with van der Waals surface area (Å²) < 4.78 is 12.4. The van der Waals surface area contributed by atoms with Crippen LogP contribution < -0.4 is 10.1 Å². The quantitative estimate of drug-likeness (QED) is 0.822. The minimum atomic E-state index is -0.0106. The molecule has 20 heavy (non-hydrogen) atoms. The van der Waals surface area contributed by atoms with Crippen LogP contribution in [0.1, 0.15) is 31.7 Å². The molecule has 112 valence electrons. The topological polar surface area (TPSA) is 30.5 Å². The Morgan fingerprint density at radius 1 is 1.35 bits per heavy atom. The molecule has 0 heterocycles. The third-order valence-electron chi connectivity index (χ3n) is 4.36. The molecule has 1 fully saturated rings. The van der Waals surface area contributed by atoms with E-state index in [-0.39, 0.29) is 5.60 Å². The lowest BCUT2D eigenvalue weighted by molar-refractivity contribution is -0.0978. The highest BCUT2D eigenvalue weighted by molar-refractivity contribution is 9.10. The van der Waals surface area contributed by atoms with Crippen molar-refractivity contribution in [1.82, 2.24) is 5.32 Å².